The highest BCUT2D eigenvalue weighted by molar-refractivity contribution is 5.79. The second-order valence-electron chi connectivity index (χ2n) is 9.25. The Morgan fingerprint density at radius 2 is 1.69 bits per heavy atom. The van der Waals surface area contributed by atoms with Gasteiger partial charge in [-0.15, -0.1) is 0 Å². The zero-order chi connectivity index (χ0) is 24.4. The maximum Gasteiger partial charge on any atom is 0.227 e. The fourth-order valence-electron chi connectivity index (χ4n) is 4.84. The van der Waals surface area contributed by atoms with Crippen molar-refractivity contribution in [1.29, 1.82) is 0 Å². The Kier molecular flexibility index (Phi) is 6.28. The molecule has 180 valence electrons. The Bertz CT molecular complexity index is 1320. The number of nitrogens with zero attached hydrogens (tertiary/aromatic N) is 4. The molecule has 7 heteroatoms. The Labute approximate surface area is 205 Å². The number of fused-ring (bicyclic) bond motifs is 1. The lowest BCUT2D eigenvalue weighted by atomic mass is 10.1. The van der Waals surface area contributed by atoms with E-state index in [2.05, 4.69) is 16.5 Å². The number of imidazole rings is 1. The summed E-state index contributed by atoms with van der Waals surface area (Å²) in [5.74, 6) is 0.830. The predicted molar refractivity (Wildman–Crippen MR) is 136 cm³/mol. The van der Waals surface area contributed by atoms with Crippen LogP contribution < -0.4 is 4.74 Å². The number of benzene rings is 2. The fourth-order valence-corrected chi connectivity index (χ4v) is 4.84. The summed E-state index contributed by atoms with van der Waals surface area (Å²) in [5.41, 5.74) is 5.90. The van der Waals surface area contributed by atoms with Gasteiger partial charge in [0.1, 0.15) is 17.9 Å². The van der Waals surface area contributed by atoms with Crippen molar-refractivity contribution in [2.75, 3.05) is 33.3 Å². The molecule has 0 unspecified atom stereocenters. The van der Waals surface area contributed by atoms with Gasteiger partial charge in [0.2, 0.25) is 5.91 Å². The Morgan fingerprint density at radius 1 is 1.00 bits per heavy atom. The van der Waals surface area contributed by atoms with Crippen molar-refractivity contribution in [3.05, 3.63) is 95.0 Å². The maximum atomic E-state index is 13.5. The summed E-state index contributed by atoms with van der Waals surface area (Å²) in [6.45, 7) is 4.11. The molecule has 5 rings (SSSR count). The smallest absolute Gasteiger partial charge is 0.227 e. The number of rotatable bonds is 6. The number of carbonyl (C=O) groups is 1. The molecule has 2 aromatic heterocycles. The molecule has 1 fully saturated rings. The van der Waals surface area contributed by atoms with E-state index in [1.807, 2.05) is 72.6 Å². The summed E-state index contributed by atoms with van der Waals surface area (Å²) in [6.07, 6.45) is 2.37. The average Bonchev–Trinajstić information content (AvgIpc) is 3.20. The normalized spacial score (nSPS) is 15.3. The summed E-state index contributed by atoms with van der Waals surface area (Å²) in [5, 5.41) is 13.5. The lowest BCUT2D eigenvalue weighted by Crippen LogP contribution is -2.57. The zero-order valence-corrected chi connectivity index (χ0v) is 20.2. The van der Waals surface area contributed by atoms with Crippen LogP contribution >= 0.6 is 0 Å². The first kappa shape index (κ1) is 23.1. The molecule has 2 aromatic carbocycles. The lowest BCUT2D eigenvalue weighted by Gasteiger charge is -2.48. The summed E-state index contributed by atoms with van der Waals surface area (Å²) in [4.78, 5) is 19.3. The molecule has 0 saturated carbocycles. The first-order valence-corrected chi connectivity index (χ1v) is 11.9. The number of methoxy groups -OCH3 is 1. The Morgan fingerprint density at radius 3 is 2.37 bits per heavy atom. The molecule has 1 saturated heterocycles. The van der Waals surface area contributed by atoms with Crippen LogP contribution in [0.4, 0.5) is 0 Å². The van der Waals surface area contributed by atoms with Crippen molar-refractivity contribution in [3.63, 3.8) is 0 Å². The van der Waals surface area contributed by atoms with E-state index in [9.17, 15) is 10.0 Å². The number of amides is 1. The molecule has 0 aliphatic carbocycles. The van der Waals surface area contributed by atoms with E-state index in [1.54, 1.807) is 7.11 Å². The van der Waals surface area contributed by atoms with E-state index in [0.717, 1.165) is 39.5 Å². The third kappa shape index (κ3) is 4.92. The number of aromatic nitrogens is 2. The van der Waals surface area contributed by atoms with Crippen LogP contribution in [0.2, 0.25) is 0 Å². The second kappa shape index (κ2) is 9.52. The molecule has 0 bridgehead atoms. The standard InChI is InChI=1S/C28H30N4O3/c1-21-28(24-6-4-3-5-7-24)31-19-23(10-13-26(31)29-21)20-32(34)16-14-30(15-17-32)27(33)18-22-8-11-25(35-2)12-9-22/h3-13,19H,14-18,20H2,1-2H3. The van der Waals surface area contributed by atoms with Gasteiger partial charge in [-0.25, -0.2) is 4.98 Å². The highest BCUT2D eigenvalue weighted by Gasteiger charge is 2.28. The minimum Gasteiger partial charge on any atom is -0.632 e. The highest BCUT2D eigenvalue weighted by Crippen LogP contribution is 2.26. The van der Waals surface area contributed by atoms with Crippen molar-refractivity contribution in [3.8, 4) is 17.0 Å². The van der Waals surface area contributed by atoms with Crippen molar-refractivity contribution < 1.29 is 14.2 Å². The molecule has 1 aliphatic rings. The number of piperazine rings is 1. The van der Waals surface area contributed by atoms with Crippen LogP contribution in [0.1, 0.15) is 16.8 Å². The first-order valence-electron chi connectivity index (χ1n) is 11.9. The minimum absolute atomic E-state index is 0.0595. The van der Waals surface area contributed by atoms with Crippen LogP contribution in [0.5, 0.6) is 5.75 Å². The molecule has 3 heterocycles. The third-order valence-electron chi connectivity index (χ3n) is 6.79. The summed E-state index contributed by atoms with van der Waals surface area (Å²) < 4.78 is 6.94. The van der Waals surface area contributed by atoms with Gasteiger partial charge in [0.05, 0.1) is 51.1 Å². The molecular weight excluding hydrogens is 440 g/mol. The van der Waals surface area contributed by atoms with Crippen molar-refractivity contribution in [2.45, 2.75) is 19.9 Å². The van der Waals surface area contributed by atoms with Gasteiger partial charge in [0, 0.05) is 17.3 Å². The van der Waals surface area contributed by atoms with Crippen LogP contribution in [0.25, 0.3) is 16.9 Å². The molecule has 0 radical (unpaired) electrons. The van der Waals surface area contributed by atoms with Crippen LogP contribution in [-0.2, 0) is 17.8 Å². The monoisotopic (exact) mass is 470 g/mol. The largest absolute Gasteiger partial charge is 0.632 e. The molecular formula is C28H30N4O3. The number of hydrogen-bond acceptors (Lipinski definition) is 4. The van der Waals surface area contributed by atoms with Crippen LogP contribution in [0, 0.1) is 12.1 Å². The van der Waals surface area contributed by atoms with Gasteiger partial charge >= 0.3 is 0 Å². The molecule has 0 spiro atoms. The first-order chi connectivity index (χ1) is 16.9. The molecule has 4 aromatic rings. The van der Waals surface area contributed by atoms with Crippen LogP contribution in [0.15, 0.2) is 72.9 Å². The number of hydroxylamine groups is 3. The van der Waals surface area contributed by atoms with E-state index in [-0.39, 0.29) is 10.6 Å². The number of quaternary nitrogens is 1. The lowest BCUT2D eigenvalue weighted by molar-refractivity contribution is -0.897. The summed E-state index contributed by atoms with van der Waals surface area (Å²) >= 11 is 0. The van der Waals surface area contributed by atoms with Crippen LogP contribution in [0.3, 0.4) is 0 Å². The minimum atomic E-state index is -0.327. The van der Waals surface area contributed by atoms with E-state index in [1.165, 1.54) is 0 Å². The van der Waals surface area contributed by atoms with Gasteiger partial charge in [0.25, 0.3) is 0 Å². The Balaban J connectivity index is 1.26. The zero-order valence-electron chi connectivity index (χ0n) is 20.2. The fraction of sp³-hybridized carbons (Fsp3) is 0.286. The van der Waals surface area contributed by atoms with E-state index in [4.69, 9.17) is 9.72 Å². The molecule has 7 nitrogen and oxygen atoms in total. The number of carbonyl (C=O) groups excluding carboxylic acids is 1. The van der Waals surface area contributed by atoms with Crippen molar-refractivity contribution in [1.82, 2.24) is 14.3 Å². The second-order valence-corrected chi connectivity index (χ2v) is 9.25. The average molecular weight is 471 g/mol. The molecule has 35 heavy (non-hydrogen) atoms. The van der Waals surface area contributed by atoms with E-state index >= 15 is 0 Å². The van der Waals surface area contributed by atoms with Crippen molar-refractivity contribution >= 4 is 11.6 Å². The van der Waals surface area contributed by atoms with Gasteiger partial charge in [-0.3, -0.25) is 9.20 Å². The van der Waals surface area contributed by atoms with Gasteiger partial charge in [0.15, 0.2) is 0 Å². The number of ether oxygens (including phenoxy) is 1. The van der Waals surface area contributed by atoms with Gasteiger partial charge in [-0.1, -0.05) is 42.5 Å². The SMILES string of the molecule is COc1ccc(CC(=O)N2CC[N+]([O-])(Cc3ccc4nc(C)c(-c5ccccc5)n4c3)CC2)cc1. The number of pyridine rings is 1. The molecule has 1 amide bonds. The molecule has 1 aliphatic heterocycles. The van der Waals surface area contributed by atoms with Gasteiger partial charge in [-0.2, -0.15) is 0 Å². The van der Waals surface area contributed by atoms with E-state index in [0.29, 0.717) is 39.1 Å². The van der Waals surface area contributed by atoms with Crippen molar-refractivity contribution in [2.24, 2.45) is 0 Å². The highest BCUT2D eigenvalue weighted by atomic mass is 16.5. The van der Waals surface area contributed by atoms with Crippen LogP contribution in [-0.4, -0.2) is 58.1 Å². The number of aryl methyl sites for hydroxylation is 1. The quantitative estimate of drug-likeness (QED) is 0.313. The van der Waals surface area contributed by atoms with Gasteiger partial charge < -0.3 is 19.5 Å². The molecule has 0 atom stereocenters. The third-order valence-corrected chi connectivity index (χ3v) is 6.79. The topological polar surface area (TPSA) is 69.9 Å². The predicted octanol–water partition coefficient (Wildman–Crippen LogP) is 4.22. The summed E-state index contributed by atoms with van der Waals surface area (Å²) in [6, 6.07) is 21.7. The number of hydrogen-bond donors (Lipinski definition) is 0. The summed E-state index contributed by atoms with van der Waals surface area (Å²) in [7, 11) is 1.62. The Hall–Kier alpha value is -3.68. The maximum absolute atomic E-state index is 13.5. The van der Waals surface area contributed by atoms with E-state index < -0.39 is 0 Å². The molecule has 0 N–H and O–H groups in total. The van der Waals surface area contributed by atoms with Gasteiger partial charge in [-0.05, 0) is 36.8 Å².